The summed E-state index contributed by atoms with van der Waals surface area (Å²) in [6.45, 7) is 6.64. The van der Waals surface area contributed by atoms with Crippen LogP contribution >= 0.6 is 11.3 Å². The first-order chi connectivity index (χ1) is 9.45. The minimum atomic E-state index is 0.135. The van der Waals surface area contributed by atoms with Gasteiger partial charge in [-0.1, -0.05) is 39.0 Å². The Kier molecular flexibility index (Phi) is 3.43. The molecule has 1 atom stereocenters. The number of aromatic nitrogens is 1. The van der Waals surface area contributed by atoms with E-state index < -0.39 is 0 Å². The average molecular weight is 286 g/mol. The van der Waals surface area contributed by atoms with E-state index in [0.29, 0.717) is 0 Å². The fraction of sp³-hybridized carbons (Fsp3) is 0.471. The average Bonchev–Trinajstić information content (AvgIpc) is 2.98. The van der Waals surface area contributed by atoms with Crippen LogP contribution in [-0.4, -0.2) is 4.98 Å². The third kappa shape index (κ3) is 2.52. The van der Waals surface area contributed by atoms with E-state index in [-0.39, 0.29) is 11.5 Å². The highest BCUT2D eigenvalue weighted by Crippen LogP contribution is 2.33. The van der Waals surface area contributed by atoms with Gasteiger partial charge in [0, 0.05) is 23.3 Å². The second-order valence-corrected chi connectivity index (χ2v) is 7.63. The van der Waals surface area contributed by atoms with Crippen molar-refractivity contribution in [2.45, 2.75) is 51.5 Å². The van der Waals surface area contributed by atoms with Gasteiger partial charge in [-0.2, -0.15) is 0 Å². The van der Waals surface area contributed by atoms with E-state index in [1.54, 1.807) is 11.3 Å². The Balaban J connectivity index is 1.88. The molecule has 1 aromatic heterocycles. The van der Waals surface area contributed by atoms with Crippen LogP contribution in [0.4, 0.5) is 0 Å². The summed E-state index contributed by atoms with van der Waals surface area (Å²) < 4.78 is 0. The third-order valence-corrected chi connectivity index (χ3v) is 4.92. The van der Waals surface area contributed by atoms with Crippen molar-refractivity contribution in [3.8, 4) is 0 Å². The smallest absolute Gasteiger partial charge is 0.0972 e. The molecule has 0 saturated heterocycles. The lowest BCUT2D eigenvalue weighted by Crippen LogP contribution is -2.11. The standard InChI is InChI=1S/C17H22N2S/c1-17(2,3)15-10-20-16(19-15)9-11-5-4-6-13-12(11)7-8-14(13)18/h4-6,10,14H,7-9,18H2,1-3H3. The van der Waals surface area contributed by atoms with E-state index in [2.05, 4.69) is 44.4 Å². The zero-order valence-electron chi connectivity index (χ0n) is 12.4. The van der Waals surface area contributed by atoms with Gasteiger partial charge in [-0.05, 0) is 29.5 Å². The van der Waals surface area contributed by atoms with Crippen LogP contribution in [0, 0.1) is 0 Å². The lowest BCUT2D eigenvalue weighted by Gasteiger charge is -2.14. The largest absolute Gasteiger partial charge is 0.324 e. The Morgan fingerprint density at radius 2 is 2.15 bits per heavy atom. The van der Waals surface area contributed by atoms with E-state index in [4.69, 9.17) is 10.7 Å². The van der Waals surface area contributed by atoms with Crippen molar-refractivity contribution >= 4 is 11.3 Å². The number of nitrogens with two attached hydrogens (primary N) is 1. The first-order valence-corrected chi connectivity index (χ1v) is 8.14. The van der Waals surface area contributed by atoms with Crippen LogP contribution < -0.4 is 5.73 Å². The van der Waals surface area contributed by atoms with E-state index in [9.17, 15) is 0 Å². The summed E-state index contributed by atoms with van der Waals surface area (Å²) in [6, 6.07) is 6.78. The highest BCUT2D eigenvalue weighted by molar-refractivity contribution is 7.09. The predicted octanol–water partition coefficient (Wildman–Crippen LogP) is 3.98. The van der Waals surface area contributed by atoms with Gasteiger partial charge < -0.3 is 5.73 Å². The molecule has 1 aliphatic rings. The monoisotopic (exact) mass is 286 g/mol. The van der Waals surface area contributed by atoms with E-state index in [0.717, 1.165) is 19.3 Å². The normalized spacial score (nSPS) is 18.3. The van der Waals surface area contributed by atoms with Gasteiger partial charge in [-0.15, -0.1) is 11.3 Å². The van der Waals surface area contributed by atoms with Crippen LogP contribution in [0.5, 0.6) is 0 Å². The van der Waals surface area contributed by atoms with E-state index >= 15 is 0 Å². The Bertz CT molecular complexity index is 622. The molecule has 106 valence electrons. The lowest BCUT2D eigenvalue weighted by atomic mass is 9.93. The van der Waals surface area contributed by atoms with Gasteiger partial charge in [0.1, 0.15) is 0 Å². The van der Waals surface area contributed by atoms with Crippen molar-refractivity contribution in [2.75, 3.05) is 0 Å². The highest BCUT2D eigenvalue weighted by atomic mass is 32.1. The van der Waals surface area contributed by atoms with Crippen molar-refractivity contribution in [2.24, 2.45) is 5.73 Å². The SMILES string of the molecule is CC(C)(C)c1csc(Cc2cccc3c2CCC3N)n1. The topological polar surface area (TPSA) is 38.9 Å². The fourth-order valence-corrected chi connectivity index (χ4v) is 3.87. The summed E-state index contributed by atoms with van der Waals surface area (Å²) in [4.78, 5) is 4.81. The molecule has 0 radical (unpaired) electrons. The fourth-order valence-electron chi connectivity index (χ4n) is 2.83. The molecule has 0 saturated carbocycles. The van der Waals surface area contributed by atoms with Gasteiger partial charge in [0.25, 0.3) is 0 Å². The maximum atomic E-state index is 6.16. The Hall–Kier alpha value is -1.19. The number of hydrogen-bond acceptors (Lipinski definition) is 3. The second-order valence-electron chi connectivity index (χ2n) is 6.68. The third-order valence-electron chi connectivity index (χ3n) is 4.08. The number of nitrogens with zero attached hydrogens (tertiary/aromatic N) is 1. The van der Waals surface area contributed by atoms with Crippen LogP contribution in [-0.2, 0) is 18.3 Å². The summed E-state index contributed by atoms with van der Waals surface area (Å²) in [5, 5.41) is 3.41. The molecule has 2 N–H and O–H groups in total. The molecule has 1 heterocycles. The Morgan fingerprint density at radius 3 is 2.85 bits per heavy atom. The lowest BCUT2D eigenvalue weighted by molar-refractivity contribution is 0.571. The zero-order chi connectivity index (χ0) is 14.3. The molecular weight excluding hydrogens is 264 g/mol. The van der Waals surface area contributed by atoms with Crippen molar-refractivity contribution in [1.29, 1.82) is 0 Å². The molecule has 20 heavy (non-hydrogen) atoms. The van der Waals surface area contributed by atoms with Gasteiger partial charge in [0.15, 0.2) is 0 Å². The quantitative estimate of drug-likeness (QED) is 0.907. The molecule has 0 spiro atoms. The van der Waals surface area contributed by atoms with Gasteiger partial charge in [0.05, 0.1) is 10.7 Å². The van der Waals surface area contributed by atoms with Crippen molar-refractivity contribution in [1.82, 2.24) is 4.98 Å². The van der Waals surface area contributed by atoms with Crippen LogP contribution in [0.3, 0.4) is 0 Å². The number of thiazole rings is 1. The summed E-state index contributed by atoms with van der Waals surface area (Å²) in [6.07, 6.45) is 3.14. The molecule has 0 bridgehead atoms. The molecule has 2 aromatic rings. The Labute approximate surface area is 125 Å². The predicted molar refractivity (Wildman–Crippen MR) is 85.3 cm³/mol. The number of benzene rings is 1. The molecule has 1 aliphatic carbocycles. The number of rotatable bonds is 2. The summed E-state index contributed by atoms with van der Waals surface area (Å²) >= 11 is 1.78. The molecule has 0 aliphatic heterocycles. The van der Waals surface area contributed by atoms with E-state index in [1.165, 1.54) is 27.4 Å². The molecule has 1 unspecified atom stereocenters. The zero-order valence-corrected chi connectivity index (χ0v) is 13.3. The van der Waals surface area contributed by atoms with Crippen molar-refractivity contribution < 1.29 is 0 Å². The summed E-state index contributed by atoms with van der Waals surface area (Å²) in [7, 11) is 0. The molecule has 0 fully saturated rings. The second kappa shape index (κ2) is 4.97. The highest BCUT2D eigenvalue weighted by Gasteiger charge is 2.22. The summed E-state index contributed by atoms with van der Waals surface area (Å²) in [5.74, 6) is 0. The van der Waals surface area contributed by atoms with Gasteiger partial charge in [-0.3, -0.25) is 0 Å². The first-order valence-electron chi connectivity index (χ1n) is 7.26. The maximum Gasteiger partial charge on any atom is 0.0972 e. The van der Waals surface area contributed by atoms with Crippen LogP contribution in [0.25, 0.3) is 0 Å². The molecule has 2 nitrogen and oxygen atoms in total. The van der Waals surface area contributed by atoms with E-state index in [1.807, 2.05) is 0 Å². The molecule has 3 heteroatoms. The minimum absolute atomic E-state index is 0.135. The number of fused-ring (bicyclic) bond motifs is 1. The van der Waals surface area contributed by atoms with Crippen LogP contribution in [0.1, 0.15) is 60.6 Å². The Morgan fingerprint density at radius 1 is 1.35 bits per heavy atom. The maximum absolute atomic E-state index is 6.16. The first kappa shape index (κ1) is 13.8. The number of hydrogen-bond donors (Lipinski definition) is 1. The minimum Gasteiger partial charge on any atom is -0.324 e. The van der Waals surface area contributed by atoms with Crippen molar-refractivity contribution in [3.05, 3.63) is 51.0 Å². The van der Waals surface area contributed by atoms with Crippen molar-refractivity contribution in [3.63, 3.8) is 0 Å². The van der Waals surface area contributed by atoms with Gasteiger partial charge >= 0.3 is 0 Å². The molecule has 1 aromatic carbocycles. The molecular formula is C17H22N2S. The summed E-state index contributed by atoms with van der Waals surface area (Å²) in [5.41, 5.74) is 11.7. The molecule has 0 amide bonds. The van der Waals surface area contributed by atoms with Gasteiger partial charge in [0.2, 0.25) is 0 Å². The van der Waals surface area contributed by atoms with Gasteiger partial charge in [-0.25, -0.2) is 4.98 Å². The van der Waals surface area contributed by atoms with Crippen LogP contribution in [0.2, 0.25) is 0 Å². The molecule has 3 rings (SSSR count). The van der Waals surface area contributed by atoms with Crippen LogP contribution in [0.15, 0.2) is 23.6 Å².